The normalized spacial score (nSPS) is 39.4. The Morgan fingerprint density at radius 2 is 0.719 bits per heavy atom. The lowest BCUT2D eigenvalue weighted by Gasteiger charge is -2.35. The summed E-state index contributed by atoms with van der Waals surface area (Å²) >= 11 is 0. The summed E-state index contributed by atoms with van der Waals surface area (Å²) in [5, 5.41) is 0. The Balaban J connectivity index is 1.29. The second-order valence-electron chi connectivity index (χ2n) is 9.69. The molecule has 0 N–H and O–H groups in total. The summed E-state index contributed by atoms with van der Waals surface area (Å²) in [5.74, 6) is 2.14. The van der Waals surface area contributed by atoms with E-state index in [1.807, 2.05) is 0 Å². The molecule has 2 heterocycles. The van der Waals surface area contributed by atoms with E-state index in [2.05, 4.69) is 131 Å². The number of anilines is 2. The molecule has 1 aromatic carbocycles. The summed E-state index contributed by atoms with van der Waals surface area (Å²) in [5.41, 5.74) is 2.66. The lowest BCUT2D eigenvalue weighted by atomic mass is 9.83. The molecule has 1 aromatic rings. The highest BCUT2D eigenvalue weighted by molar-refractivity contribution is 5.66. The molecule has 7 rings (SSSR count). The van der Waals surface area contributed by atoms with Crippen molar-refractivity contribution in [1.82, 2.24) is 0 Å². The maximum atomic E-state index is 2.65. The molecule has 2 nitrogen and oxygen atoms in total. The Labute approximate surface area is 190 Å². The Hall–Kier alpha value is -3.26. The van der Waals surface area contributed by atoms with Crippen LogP contribution in [0.1, 0.15) is 0 Å². The molecule has 2 saturated heterocycles. The number of hydrogen-bond acceptors (Lipinski definition) is 2. The van der Waals surface area contributed by atoms with Crippen molar-refractivity contribution >= 4 is 11.4 Å². The molecule has 4 aliphatic carbocycles. The maximum Gasteiger partial charge on any atom is 0.0551 e. The van der Waals surface area contributed by atoms with E-state index >= 15 is 0 Å². The molecule has 0 bridgehead atoms. The molecule has 2 aliphatic heterocycles. The van der Waals surface area contributed by atoms with Crippen molar-refractivity contribution in [1.29, 1.82) is 0 Å². The van der Waals surface area contributed by atoms with Crippen LogP contribution in [0.5, 0.6) is 0 Å². The molecule has 2 heteroatoms. The molecule has 32 heavy (non-hydrogen) atoms. The highest BCUT2D eigenvalue weighted by Gasteiger charge is 2.47. The van der Waals surface area contributed by atoms with Crippen molar-refractivity contribution in [2.45, 2.75) is 24.2 Å². The summed E-state index contributed by atoms with van der Waals surface area (Å²) in [6, 6.07) is 10.9. The molecule has 0 spiro atoms. The average Bonchev–Trinajstić information content (AvgIpc) is 3.37. The molecule has 8 atom stereocenters. The van der Waals surface area contributed by atoms with Crippen LogP contribution in [0.25, 0.3) is 0 Å². The number of hydrogen-bond donors (Lipinski definition) is 0. The summed E-state index contributed by atoms with van der Waals surface area (Å²) < 4.78 is 0. The summed E-state index contributed by atoms with van der Waals surface area (Å²) in [7, 11) is 0. The summed E-state index contributed by atoms with van der Waals surface area (Å²) in [6.07, 6.45) is 37.0. The van der Waals surface area contributed by atoms with E-state index in [1.54, 1.807) is 0 Å². The number of nitrogens with zero attached hydrogens (tertiary/aromatic N) is 2. The first-order valence-corrected chi connectivity index (χ1v) is 12.0. The van der Waals surface area contributed by atoms with Crippen molar-refractivity contribution in [3.05, 3.63) is 121 Å². The van der Waals surface area contributed by atoms with Crippen LogP contribution >= 0.6 is 0 Å². The standard InChI is InChI=1S/C30H28N2/c1-5-16-27-23(12-1)24-13-2-6-17-28(24)31(27)21-10-9-11-22(20-21)32-29-18-7-3-14-25(29)26-15-4-8-19-30(26)32/h1-20,23-30H. The van der Waals surface area contributed by atoms with Gasteiger partial charge in [-0.25, -0.2) is 0 Å². The van der Waals surface area contributed by atoms with Crippen LogP contribution in [0, 0.1) is 23.7 Å². The average molecular weight is 417 g/mol. The van der Waals surface area contributed by atoms with Crippen LogP contribution in [-0.4, -0.2) is 24.2 Å². The molecular weight excluding hydrogens is 388 g/mol. The van der Waals surface area contributed by atoms with Gasteiger partial charge in [0.1, 0.15) is 0 Å². The van der Waals surface area contributed by atoms with Gasteiger partial charge in [-0.05, 0) is 18.2 Å². The predicted molar refractivity (Wildman–Crippen MR) is 134 cm³/mol. The van der Waals surface area contributed by atoms with E-state index in [9.17, 15) is 0 Å². The van der Waals surface area contributed by atoms with Gasteiger partial charge in [0.2, 0.25) is 0 Å². The molecule has 0 saturated carbocycles. The predicted octanol–water partition coefficient (Wildman–Crippen LogP) is 5.77. The van der Waals surface area contributed by atoms with Crippen molar-refractivity contribution < 1.29 is 0 Å². The first-order valence-electron chi connectivity index (χ1n) is 12.0. The van der Waals surface area contributed by atoms with Gasteiger partial charge in [-0.3, -0.25) is 0 Å². The zero-order valence-corrected chi connectivity index (χ0v) is 18.1. The minimum Gasteiger partial charge on any atom is -0.357 e. The van der Waals surface area contributed by atoms with Crippen LogP contribution in [0.3, 0.4) is 0 Å². The lowest BCUT2D eigenvalue weighted by Crippen LogP contribution is -2.38. The molecule has 8 unspecified atom stereocenters. The third kappa shape index (κ3) is 2.59. The highest BCUT2D eigenvalue weighted by Crippen LogP contribution is 2.47. The van der Waals surface area contributed by atoms with Gasteiger partial charge >= 0.3 is 0 Å². The molecule has 2 fully saturated rings. The Morgan fingerprint density at radius 1 is 0.406 bits per heavy atom. The topological polar surface area (TPSA) is 6.48 Å². The van der Waals surface area contributed by atoms with Gasteiger partial charge in [-0.1, -0.05) is 103 Å². The van der Waals surface area contributed by atoms with Gasteiger partial charge in [-0.2, -0.15) is 0 Å². The fraction of sp³-hybridized carbons (Fsp3) is 0.267. The van der Waals surface area contributed by atoms with E-state index in [0.29, 0.717) is 47.8 Å². The SMILES string of the molecule is C1=CC2C3C=CC=CC3N(c3cccc(N4C5C=CC=CC5C5C=CC=CC54)c3)C2C=C1. The van der Waals surface area contributed by atoms with Crippen LogP contribution in [-0.2, 0) is 0 Å². The molecule has 158 valence electrons. The van der Waals surface area contributed by atoms with Crippen molar-refractivity contribution in [3.8, 4) is 0 Å². The summed E-state index contributed by atoms with van der Waals surface area (Å²) in [6.45, 7) is 0. The van der Waals surface area contributed by atoms with Gasteiger partial charge in [0.25, 0.3) is 0 Å². The third-order valence-corrected chi connectivity index (χ3v) is 8.19. The second-order valence-corrected chi connectivity index (χ2v) is 9.69. The van der Waals surface area contributed by atoms with E-state index in [4.69, 9.17) is 0 Å². The number of rotatable bonds is 2. The number of benzene rings is 1. The van der Waals surface area contributed by atoms with Crippen LogP contribution in [0.15, 0.2) is 121 Å². The molecule has 0 aromatic heterocycles. The van der Waals surface area contributed by atoms with Gasteiger partial charge in [0.05, 0.1) is 24.2 Å². The van der Waals surface area contributed by atoms with E-state index in [1.165, 1.54) is 11.4 Å². The first kappa shape index (κ1) is 18.3. The Kier molecular flexibility index (Phi) is 4.08. The van der Waals surface area contributed by atoms with Gasteiger partial charge < -0.3 is 9.80 Å². The van der Waals surface area contributed by atoms with Crippen LogP contribution < -0.4 is 9.80 Å². The zero-order valence-electron chi connectivity index (χ0n) is 18.1. The Bertz CT molecular complexity index is 1000. The fourth-order valence-electron chi connectivity index (χ4n) is 6.89. The number of allylic oxidation sites excluding steroid dienone is 8. The van der Waals surface area contributed by atoms with Gasteiger partial charge in [0, 0.05) is 35.0 Å². The van der Waals surface area contributed by atoms with Crippen molar-refractivity contribution in [3.63, 3.8) is 0 Å². The van der Waals surface area contributed by atoms with Gasteiger partial charge in [-0.15, -0.1) is 0 Å². The first-order chi connectivity index (χ1) is 15.9. The van der Waals surface area contributed by atoms with E-state index < -0.39 is 0 Å². The second kappa shape index (κ2) is 7.13. The minimum absolute atomic E-state index is 0.409. The monoisotopic (exact) mass is 416 g/mol. The van der Waals surface area contributed by atoms with Gasteiger partial charge in [0.15, 0.2) is 0 Å². The smallest absolute Gasteiger partial charge is 0.0551 e. The van der Waals surface area contributed by atoms with Crippen molar-refractivity contribution in [2.24, 2.45) is 23.7 Å². The number of fused-ring (bicyclic) bond motifs is 6. The third-order valence-electron chi connectivity index (χ3n) is 8.19. The molecule has 0 radical (unpaired) electrons. The molecule has 6 aliphatic rings. The minimum atomic E-state index is 0.409. The molecular formula is C30H28N2. The van der Waals surface area contributed by atoms with Crippen LogP contribution in [0.2, 0.25) is 0 Å². The zero-order chi connectivity index (χ0) is 21.1. The maximum absolute atomic E-state index is 2.65. The van der Waals surface area contributed by atoms with E-state index in [-0.39, 0.29) is 0 Å². The van der Waals surface area contributed by atoms with Crippen molar-refractivity contribution in [2.75, 3.05) is 9.80 Å². The highest BCUT2D eigenvalue weighted by atomic mass is 15.3. The van der Waals surface area contributed by atoms with Crippen LogP contribution in [0.4, 0.5) is 11.4 Å². The largest absolute Gasteiger partial charge is 0.357 e. The van der Waals surface area contributed by atoms with E-state index in [0.717, 1.165) is 0 Å². The lowest BCUT2D eigenvalue weighted by molar-refractivity contribution is 0.527. The fourth-order valence-corrected chi connectivity index (χ4v) is 6.89. The summed E-state index contributed by atoms with van der Waals surface area (Å²) in [4.78, 5) is 5.30. The Morgan fingerprint density at radius 3 is 1.06 bits per heavy atom. The molecule has 0 amide bonds. The quantitative estimate of drug-likeness (QED) is 0.604.